The van der Waals surface area contributed by atoms with Crippen LogP contribution in [0.4, 0.5) is 5.69 Å². The summed E-state index contributed by atoms with van der Waals surface area (Å²) in [5.41, 5.74) is 1.97. The number of rotatable bonds is 5. The third-order valence-electron chi connectivity index (χ3n) is 4.29. The Morgan fingerprint density at radius 1 is 1.08 bits per heavy atom. The van der Waals surface area contributed by atoms with Crippen molar-refractivity contribution in [2.45, 2.75) is 12.8 Å². The van der Waals surface area contributed by atoms with E-state index in [2.05, 4.69) is 37.2 Å². The minimum absolute atomic E-state index is 0.0159. The Bertz CT molecular complexity index is 794. The van der Waals surface area contributed by atoms with Crippen LogP contribution in [-0.2, 0) is 16.0 Å². The Morgan fingerprint density at radius 2 is 1.76 bits per heavy atom. The van der Waals surface area contributed by atoms with Crippen LogP contribution in [0.25, 0.3) is 0 Å². The number of nitrogens with zero attached hydrogens (tertiary/aromatic N) is 1. The topological polar surface area (TPSA) is 49.4 Å². The minimum Gasteiger partial charge on any atom is -0.355 e. The van der Waals surface area contributed by atoms with E-state index < -0.39 is 0 Å². The summed E-state index contributed by atoms with van der Waals surface area (Å²) in [6, 6.07) is 15.5. The second-order valence-electron chi connectivity index (χ2n) is 5.99. The average molecular weight is 466 g/mol. The number of carbonyl (C=O) groups is 2. The van der Waals surface area contributed by atoms with Crippen LogP contribution in [0.1, 0.15) is 12.0 Å². The molecule has 1 fully saturated rings. The fourth-order valence-corrected chi connectivity index (χ4v) is 3.93. The second-order valence-corrected chi connectivity index (χ2v) is 7.70. The van der Waals surface area contributed by atoms with Crippen LogP contribution in [0.2, 0.25) is 0 Å². The average Bonchev–Trinajstić information content (AvgIpc) is 2.99. The molecule has 0 spiro atoms. The molecule has 2 aromatic rings. The van der Waals surface area contributed by atoms with Crippen molar-refractivity contribution in [3.05, 3.63) is 63.0 Å². The summed E-state index contributed by atoms with van der Waals surface area (Å²) in [7, 11) is 0. The lowest BCUT2D eigenvalue weighted by molar-refractivity contribution is -0.126. The Labute approximate surface area is 163 Å². The van der Waals surface area contributed by atoms with Crippen LogP contribution >= 0.6 is 31.9 Å². The molecular weight excluding hydrogens is 448 g/mol. The molecule has 0 radical (unpaired) electrons. The summed E-state index contributed by atoms with van der Waals surface area (Å²) < 4.78 is 1.90. The molecule has 3 rings (SSSR count). The fourth-order valence-electron chi connectivity index (χ4n) is 2.95. The lowest BCUT2D eigenvalue weighted by Gasteiger charge is -2.18. The molecule has 1 N–H and O–H groups in total. The van der Waals surface area contributed by atoms with E-state index in [1.807, 2.05) is 48.5 Å². The van der Waals surface area contributed by atoms with Gasteiger partial charge in [-0.25, -0.2) is 0 Å². The lowest BCUT2D eigenvalue weighted by Crippen LogP contribution is -2.34. The molecule has 1 unspecified atom stereocenters. The van der Waals surface area contributed by atoms with E-state index in [0.717, 1.165) is 26.6 Å². The molecular formula is C19H18Br2N2O2. The number of para-hydroxylation sites is 1. The summed E-state index contributed by atoms with van der Waals surface area (Å²) in [5.74, 6) is -0.383. The zero-order valence-electron chi connectivity index (χ0n) is 13.5. The predicted octanol–water partition coefficient (Wildman–Crippen LogP) is 3.92. The molecule has 2 aromatic carbocycles. The van der Waals surface area contributed by atoms with Crippen molar-refractivity contribution in [3.8, 4) is 0 Å². The second kappa shape index (κ2) is 8.15. The van der Waals surface area contributed by atoms with Gasteiger partial charge in [0.05, 0.1) is 11.6 Å². The monoisotopic (exact) mass is 464 g/mol. The largest absolute Gasteiger partial charge is 0.355 e. The number of hydrogen-bond donors (Lipinski definition) is 1. The van der Waals surface area contributed by atoms with E-state index in [0.29, 0.717) is 13.1 Å². The SMILES string of the molecule is O=C(NCCc1ccccc1Br)C1CC(=O)N(c2ccccc2Br)C1. The van der Waals surface area contributed by atoms with Crippen LogP contribution in [-0.4, -0.2) is 24.9 Å². The van der Waals surface area contributed by atoms with Gasteiger partial charge < -0.3 is 10.2 Å². The highest BCUT2D eigenvalue weighted by Gasteiger charge is 2.35. The Kier molecular flexibility index (Phi) is 5.91. The number of carbonyl (C=O) groups excluding carboxylic acids is 2. The van der Waals surface area contributed by atoms with Crippen molar-refractivity contribution in [1.29, 1.82) is 0 Å². The van der Waals surface area contributed by atoms with Gasteiger partial charge in [0, 0.05) is 28.5 Å². The first-order valence-electron chi connectivity index (χ1n) is 8.12. The molecule has 2 amide bonds. The number of halogens is 2. The van der Waals surface area contributed by atoms with Crippen LogP contribution < -0.4 is 10.2 Å². The van der Waals surface area contributed by atoms with E-state index in [4.69, 9.17) is 0 Å². The Hall–Kier alpha value is -1.66. The van der Waals surface area contributed by atoms with Crippen molar-refractivity contribution in [2.24, 2.45) is 5.92 Å². The van der Waals surface area contributed by atoms with Gasteiger partial charge in [0.15, 0.2) is 0 Å². The molecule has 0 aliphatic carbocycles. The summed E-state index contributed by atoms with van der Waals surface area (Å²) >= 11 is 6.98. The molecule has 0 saturated carbocycles. The van der Waals surface area contributed by atoms with Crippen LogP contribution in [0.5, 0.6) is 0 Å². The van der Waals surface area contributed by atoms with Crippen molar-refractivity contribution >= 4 is 49.4 Å². The third kappa shape index (κ3) is 4.30. The summed E-state index contributed by atoms with van der Waals surface area (Å²) in [4.78, 5) is 26.4. The van der Waals surface area contributed by atoms with Gasteiger partial charge in [-0.05, 0) is 46.1 Å². The predicted molar refractivity (Wildman–Crippen MR) is 105 cm³/mol. The molecule has 4 nitrogen and oxygen atoms in total. The molecule has 1 heterocycles. The maximum atomic E-state index is 12.4. The molecule has 0 bridgehead atoms. The molecule has 6 heteroatoms. The maximum absolute atomic E-state index is 12.4. The van der Waals surface area contributed by atoms with Gasteiger partial charge in [-0.1, -0.05) is 46.3 Å². The highest BCUT2D eigenvalue weighted by atomic mass is 79.9. The third-order valence-corrected chi connectivity index (χ3v) is 5.73. The van der Waals surface area contributed by atoms with Crippen molar-refractivity contribution in [2.75, 3.05) is 18.0 Å². The zero-order valence-corrected chi connectivity index (χ0v) is 16.7. The molecule has 0 aromatic heterocycles. The van der Waals surface area contributed by atoms with E-state index in [-0.39, 0.29) is 24.2 Å². The summed E-state index contributed by atoms with van der Waals surface area (Å²) in [6.07, 6.45) is 1.00. The number of benzene rings is 2. The van der Waals surface area contributed by atoms with Crippen molar-refractivity contribution < 1.29 is 9.59 Å². The molecule has 130 valence electrons. The quantitative estimate of drug-likeness (QED) is 0.727. The van der Waals surface area contributed by atoms with Gasteiger partial charge in [-0.2, -0.15) is 0 Å². The van der Waals surface area contributed by atoms with Crippen LogP contribution in [0.15, 0.2) is 57.5 Å². The summed E-state index contributed by atoms with van der Waals surface area (Å²) in [5, 5.41) is 2.96. The van der Waals surface area contributed by atoms with E-state index in [1.54, 1.807) is 4.90 Å². The fraction of sp³-hybridized carbons (Fsp3) is 0.263. The normalized spacial score (nSPS) is 17.0. The number of nitrogens with one attached hydrogen (secondary N) is 1. The first-order valence-corrected chi connectivity index (χ1v) is 9.71. The maximum Gasteiger partial charge on any atom is 0.227 e. The minimum atomic E-state index is -0.307. The molecule has 25 heavy (non-hydrogen) atoms. The molecule has 1 saturated heterocycles. The van der Waals surface area contributed by atoms with Crippen molar-refractivity contribution in [1.82, 2.24) is 5.32 Å². The Balaban J connectivity index is 1.56. The lowest BCUT2D eigenvalue weighted by atomic mass is 10.1. The number of hydrogen-bond acceptors (Lipinski definition) is 2. The van der Waals surface area contributed by atoms with Crippen LogP contribution in [0.3, 0.4) is 0 Å². The Morgan fingerprint density at radius 3 is 2.48 bits per heavy atom. The highest BCUT2D eigenvalue weighted by molar-refractivity contribution is 9.10. The molecule has 1 atom stereocenters. The van der Waals surface area contributed by atoms with Gasteiger partial charge in [0.25, 0.3) is 0 Å². The smallest absolute Gasteiger partial charge is 0.227 e. The van der Waals surface area contributed by atoms with Gasteiger partial charge >= 0.3 is 0 Å². The van der Waals surface area contributed by atoms with Gasteiger partial charge in [0.2, 0.25) is 11.8 Å². The number of amides is 2. The zero-order chi connectivity index (χ0) is 17.8. The van der Waals surface area contributed by atoms with Gasteiger partial charge in [-0.3, -0.25) is 9.59 Å². The van der Waals surface area contributed by atoms with E-state index in [1.165, 1.54) is 0 Å². The first-order chi connectivity index (χ1) is 12.1. The molecule has 1 aliphatic rings. The standard InChI is InChI=1S/C19H18Br2N2O2/c20-15-6-2-1-5-13(15)9-10-22-19(25)14-11-18(24)23(12-14)17-8-4-3-7-16(17)21/h1-8,14H,9-12H2,(H,22,25). The van der Waals surface area contributed by atoms with Gasteiger partial charge in [0.1, 0.15) is 0 Å². The van der Waals surface area contributed by atoms with Crippen molar-refractivity contribution in [3.63, 3.8) is 0 Å². The first kappa shape index (κ1) is 18.1. The molecule has 1 aliphatic heterocycles. The number of anilines is 1. The summed E-state index contributed by atoms with van der Waals surface area (Å²) in [6.45, 7) is 0.976. The highest BCUT2D eigenvalue weighted by Crippen LogP contribution is 2.31. The van der Waals surface area contributed by atoms with Gasteiger partial charge in [-0.15, -0.1) is 0 Å². The van der Waals surface area contributed by atoms with E-state index >= 15 is 0 Å². The van der Waals surface area contributed by atoms with Crippen LogP contribution in [0, 0.1) is 5.92 Å². The van der Waals surface area contributed by atoms with E-state index in [9.17, 15) is 9.59 Å².